The summed E-state index contributed by atoms with van der Waals surface area (Å²) in [5, 5.41) is 0.217. The van der Waals surface area contributed by atoms with E-state index < -0.39 is 11.9 Å². The fraction of sp³-hybridized carbons (Fsp3) is 0.190. The molecule has 7 nitrogen and oxygen atoms in total. The Morgan fingerprint density at radius 3 is 2.36 bits per heavy atom. The van der Waals surface area contributed by atoms with Crippen molar-refractivity contribution in [2.45, 2.75) is 27.4 Å². The normalized spacial score (nSPS) is 10.5. The van der Waals surface area contributed by atoms with E-state index in [0.29, 0.717) is 5.75 Å². The number of hydrogen-bond acceptors (Lipinski definition) is 7. The number of esters is 2. The molecule has 2 aromatic carbocycles. The largest absolute Gasteiger partial charge is 0.461 e. The fourth-order valence-electron chi connectivity index (χ4n) is 2.67. The maximum atomic E-state index is 13.0. The SMILES string of the molecule is CC(=O)OCc1c(OC(C)=O)ccc2c(=O)c(Oc3ccccc3)c(C)oc12. The number of ether oxygens (including phenoxy) is 3. The first-order valence-electron chi connectivity index (χ1n) is 8.50. The number of rotatable bonds is 5. The van der Waals surface area contributed by atoms with Gasteiger partial charge in [0.25, 0.3) is 0 Å². The van der Waals surface area contributed by atoms with Gasteiger partial charge < -0.3 is 18.6 Å². The second-order valence-electron chi connectivity index (χ2n) is 6.02. The smallest absolute Gasteiger partial charge is 0.308 e. The van der Waals surface area contributed by atoms with Crippen molar-refractivity contribution in [1.82, 2.24) is 0 Å². The summed E-state index contributed by atoms with van der Waals surface area (Å²) in [7, 11) is 0. The maximum absolute atomic E-state index is 13.0. The molecule has 1 heterocycles. The van der Waals surface area contributed by atoms with Crippen LogP contribution in [0.4, 0.5) is 0 Å². The van der Waals surface area contributed by atoms with Crippen LogP contribution >= 0.6 is 0 Å². The van der Waals surface area contributed by atoms with Gasteiger partial charge in [0.1, 0.15) is 29.4 Å². The van der Waals surface area contributed by atoms with Crippen LogP contribution in [0.2, 0.25) is 0 Å². The van der Waals surface area contributed by atoms with Gasteiger partial charge in [-0.1, -0.05) is 18.2 Å². The molecule has 0 radical (unpaired) electrons. The van der Waals surface area contributed by atoms with Crippen LogP contribution in [0.5, 0.6) is 17.2 Å². The zero-order chi connectivity index (χ0) is 20.3. The third-order valence-electron chi connectivity index (χ3n) is 3.88. The first-order valence-corrected chi connectivity index (χ1v) is 8.50. The number of carbonyl (C=O) groups excluding carboxylic acids is 2. The molecule has 3 aromatic rings. The first kappa shape index (κ1) is 19.2. The van der Waals surface area contributed by atoms with Gasteiger partial charge in [-0.25, -0.2) is 0 Å². The lowest BCUT2D eigenvalue weighted by Crippen LogP contribution is -2.11. The van der Waals surface area contributed by atoms with Crippen LogP contribution in [-0.4, -0.2) is 11.9 Å². The zero-order valence-electron chi connectivity index (χ0n) is 15.6. The Bertz CT molecular complexity index is 1100. The fourth-order valence-corrected chi connectivity index (χ4v) is 2.67. The highest BCUT2D eigenvalue weighted by molar-refractivity contribution is 5.85. The van der Waals surface area contributed by atoms with E-state index in [1.165, 1.54) is 26.0 Å². The standard InChI is InChI=1S/C21H18O7/c1-12-20(28-15-7-5-4-6-8-15)19(24)16-9-10-18(27-14(3)23)17(21(16)26-12)11-25-13(2)22/h4-10H,11H2,1-3H3. The zero-order valence-corrected chi connectivity index (χ0v) is 15.6. The van der Waals surface area contributed by atoms with Crippen molar-refractivity contribution >= 4 is 22.9 Å². The summed E-state index contributed by atoms with van der Waals surface area (Å²) < 4.78 is 21.7. The van der Waals surface area contributed by atoms with Crippen LogP contribution < -0.4 is 14.9 Å². The molecule has 0 atom stereocenters. The Hall–Kier alpha value is -3.61. The van der Waals surface area contributed by atoms with E-state index in [9.17, 15) is 14.4 Å². The minimum atomic E-state index is -0.550. The van der Waals surface area contributed by atoms with E-state index in [-0.39, 0.29) is 45.8 Å². The van der Waals surface area contributed by atoms with Gasteiger partial charge in [-0.05, 0) is 31.2 Å². The highest BCUT2D eigenvalue weighted by atomic mass is 16.5. The average Bonchev–Trinajstić information content (AvgIpc) is 2.64. The predicted molar refractivity (Wildman–Crippen MR) is 101 cm³/mol. The lowest BCUT2D eigenvalue weighted by atomic mass is 10.1. The molecule has 144 valence electrons. The van der Waals surface area contributed by atoms with Crippen molar-refractivity contribution in [3.05, 3.63) is 64.0 Å². The summed E-state index contributed by atoms with van der Waals surface area (Å²) in [5.74, 6) is -0.127. The number of para-hydroxylation sites is 1. The predicted octanol–water partition coefficient (Wildman–Crippen LogP) is 3.88. The van der Waals surface area contributed by atoms with Crippen LogP contribution in [0, 0.1) is 6.92 Å². The minimum absolute atomic E-state index is 0.0531. The molecule has 0 N–H and O–H groups in total. The van der Waals surface area contributed by atoms with E-state index in [0.717, 1.165) is 0 Å². The molecule has 0 saturated heterocycles. The van der Waals surface area contributed by atoms with Crippen molar-refractivity contribution in [3.8, 4) is 17.2 Å². The molecule has 3 rings (SSSR count). The summed E-state index contributed by atoms with van der Waals surface area (Å²) in [5.41, 5.74) is 0.0679. The molecule has 0 aliphatic rings. The van der Waals surface area contributed by atoms with Crippen LogP contribution in [0.15, 0.2) is 51.7 Å². The highest BCUT2D eigenvalue weighted by Crippen LogP contribution is 2.32. The van der Waals surface area contributed by atoms with Gasteiger partial charge in [-0.2, -0.15) is 0 Å². The molecule has 0 spiro atoms. The Morgan fingerprint density at radius 2 is 1.71 bits per heavy atom. The Labute approximate surface area is 160 Å². The molecule has 0 saturated carbocycles. The summed E-state index contributed by atoms with van der Waals surface area (Å²) in [6.07, 6.45) is 0. The summed E-state index contributed by atoms with van der Waals surface area (Å²) in [6, 6.07) is 11.8. The van der Waals surface area contributed by atoms with Crippen LogP contribution in [0.3, 0.4) is 0 Å². The lowest BCUT2D eigenvalue weighted by Gasteiger charge is -2.14. The molecule has 1 aromatic heterocycles. The molecule has 0 amide bonds. The Kier molecular flexibility index (Phi) is 5.44. The van der Waals surface area contributed by atoms with Gasteiger partial charge >= 0.3 is 11.9 Å². The van der Waals surface area contributed by atoms with Gasteiger partial charge in [0.15, 0.2) is 0 Å². The maximum Gasteiger partial charge on any atom is 0.308 e. The number of aryl methyl sites for hydroxylation is 1. The summed E-state index contributed by atoms with van der Waals surface area (Å²) in [6.45, 7) is 3.88. The van der Waals surface area contributed by atoms with Crippen molar-refractivity contribution in [3.63, 3.8) is 0 Å². The molecule has 0 fully saturated rings. The van der Waals surface area contributed by atoms with Gasteiger partial charge in [0.05, 0.1) is 10.9 Å². The van der Waals surface area contributed by atoms with Gasteiger partial charge in [0.2, 0.25) is 11.2 Å². The van der Waals surface area contributed by atoms with Crippen LogP contribution in [-0.2, 0) is 20.9 Å². The van der Waals surface area contributed by atoms with Gasteiger partial charge in [-0.3, -0.25) is 14.4 Å². The molecule has 0 bridgehead atoms. The Morgan fingerprint density at radius 1 is 1.00 bits per heavy atom. The summed E-state index contributed by atoms with van der Waals surface area (Å²) >= 11 is 0. The lowest BCUT2D eigenvalue weighted by molar-refractivity contribution is -0.142. The molecule has 0 aliphatic heterocycles. The number of fused-ring (bicyclic) bond motifs is 1. The van der Waals surface area contributed by atoms with Crippen molar-refractivity contribution in [1.29, 1.82) is 0 Å². The minimum Gasteiger partial charge on any atom is -0.461 e. The Balaban J connectivity index is 2.16. The topological polar surface area (TPSA) is 92.0 Å². The van der Waals surface area contributed by atoms with Gasteiger partial charge in [-0.15, -0.1) is 0 Å². The second-order valence-corrected chi connectivity index (χ2v) is 6.02. The number of carbonyl (C=O) groups is 2. The van der Waals surface area contributed by atoms with Crippen LogP contribution in [0.25, 0.3) is 11.0 Å². The van der Waals surface area contributed by atoms with Crippen LogP contribution in [0.1, 0.15) is 25.2 Å². The van der Waals surface area contributed by atoms with E-state index in [1.807, 2.05) is 6.07 Å². The number of hydrogen-bond donors (Lipinski definition) is 0. The second kappa shape index (κ2) is 7.96. The number of benzene rings is 2. The van der Waals surface area contributed by atoms with Crippen molar-refractivity contribution in [2.75, 3.05) is 0 Å². The van der Waals surface area contributed by atoms with Crippen molar-refractivity contribution in [2.24, 2.45) is 0 Å². The third-order valence-corrected chi connectivity index (χ3v) is 3.88. The van der Waals surface area contributed by atoms with Crippen molar-refractivity contribution < 1.29 is 28.2 Å². The molecular weight excluding hydrogens is 364 g/mol. The van der Waals surface area contributed by atoms with E-state index >= 15 is 0 Å². The summed E-state index contributed by atoms with van der Waals surface area (Å²) in [4.78, 5) is 35.6. The average molecular weight is 382 g/mol. The highest BCUT2D eigenvalue weighted by Gasteiger charge is 2.20. The van der Waals surface area contributed by atoms with Gasteiger partial charge in [0, 0.05) is 13.8 Å². The van der Waals surface area contributed by atoms with E-state index in [4.69, 9.17) is 18.6 Å². The molecule has 7 heteroatoms. The molecule has 0 unspecified atom stereocenters. The van der Waals surface area contributed by atoms with E-state index in [2.05, 4.69) is 0 Å². The quantitative estimate of drug-likeness (QED) is 0.488. The molecule has 28 heavy (non-hydrogen) atoms. The first-order chi connectivity index (χ1) is 13.4. The monoisotopic (exact) mass is 382 g/mol. The van der Waals surface area contributed by atoms with E-state index in [1.54, 1.807) is 31.2 Å². The third kappa shape index (κ3) is 4.03. The molecule has 0 aliphatic carbocycles. The molecular formula is C21H18O7.